The molecule has 17 heavy (non-hydrogen) atoms. The molecule has 7 heteroatoms. The summed E-state index contributed by atoms with van der Waals surface area (Å²) >= 11 is 1.28. The van der Waals surface area contributed by atoms with Crippen LogP contribution in [0.5, 0.6) is 0 Å². The largest absolute Gasteiger partial charge is 0.467 e. The van der Waals surface area contributed by atoms with E-state index in [0.29, 0.717) is 5.13 Å². The molecule has 1 rings (SSSR count). The topological polar surface area (TPSA) is 77.5 Å². The fourth-order valence-corrected chi connectivity index (χ4v) is 2.05. The van der Waals surface area contributed by atoms with Gasteiger partial charge in [0.1, 0.15) is 6.04 Å². The van der Waals surface area contributed by atoms with E-state index >= 15 is 0 Å². The van der Waals surface area contributed by atoms with Crippen LogP contribution in [0.25, 0.3) is 0 Å². The van der Waals surface area contributed by atoms with Gasteiger partial charge in [-0.1, -0.05) is 0 Å². The average Bonchev–Trinajstić information content (AvgIpc) is 2.67. The maximum absolute atomic E-state index is 11.3. The van der Waals surface area contributed by atoms with Crippen molar-refractivity contribution in [2.75, 3.05) is 19.5 Å². The number of methoxy groups -OCH3 is 2. The Morgan fingerprint density at radius 3 is 2.53 bits per heavy atom. The molecule has 0 aliphatic heterocycles. The highest BCUT2D eigenvalue weighted by Gasteiger charge is 2.19. The summed E-state index contributed by atoms with van der Waals surface area (Å²) in [4.78, 5) is 27.3. The first kappa shape index (κ1) is 13.4. The van der Waals surface area contributed by atoms with Gasteiger partial charge < -0.3 is 14.8 Å². The van der Waals surface area contributed by atoms with Crippen LogP contribution in [-0.2, 0) is 14.3 Å². The molecule has 1 atom stereocenters. The lowest BCUT2D eigenvalue weighted by molar-refractivity contribution is -0.141. The average molecular weight is 258 g/mol. The Kier molecular flexibility index (Phi) is 4.45. The Balaban J connectivity index is 2.80. The van der Waals surface area contributed by atoms with Crippen LogP contribution in [0.4, 0.5) is 5.13 Å². The molecular formula is C10H14N2O4S. The zero-order valence-corrected chi connectivity index (χ0v) is 10.9. The molecule has 0 bridgehead atoms. The summed E-state index contributed by atoms with van der Waals surface area (Å²) in [6.45, 7) is 3.41. The summed E-state index contributed by atoms with van der Waals surface area (Å²) in [5.41, 5.74) is 0.261. The predicted octanol–water partition coefficient (Wildman–Crippen LogP) is 1.21. The number of hydrogen-bond donors (Lipinski definition) is 1. The van der Waals surface area contributed by atoms with Crippen LogP contribution in [0.15, 0.2) is 0 Å². The lowest BCUT2D eigenvalue weighted by atomic mass is 10.3. The van der Waals surface area contributed by atoms with E-state index in [0.717, 1.165) is 4.88 Å². The minimum absolute atomic E-state index is 0.261. The molecule has 1 aromatic rings. The van der Waals surface area contributed by atoms with Crippen molar-refractivity contribution in [2.24, 2.45) is 0 Å². The lowest BCUT2D eigenvalue weighted by Gasteiger charge is -2.09. The first-order valence-electron chi connectivity index (χ1n) is 4.89. The van der Waals surface area contributed by atoms with Gasteiger partial charge in [0.15, 0.2) is 10.8 Å². The molecule has 0 fully saturated rings. The molecular weight excluding hydrogens is 244 g/mol. The second kappa shape index (κ2) is 5.62. The van der Waals surface area contributed by atoms with E-state index in [4.69, 9.17) is 0 Å². The number of carbonyl (C=O) groups is 2. The van der Waals surface area contributed by atoms with Crippen LogP contribution >= 0.6 is 11.3 Å². The summed E-state index contributed by atoms with van der Waals surface area (Å²) in [7, 11) is 2.61. The molecule has 0 radical (unpaired) electrons. The molecule has 0 aliphatic carbocycles. The van der Waals surface area contributed by atoms with Gasteiger partial charge in [-0.2, -0.15) is 0 Å². The number of aromatic nitrogens is 1. The highest BCUT2D eigenvalue weighted by molar-refractivity contribution is 7.15. The van der Waals surface area contributed by atoms with Crippen LogP contribution in [0.2, 0.25) is 0 Å². The van der Waals surface area contributed by atoms with Gasteiger partial charge in [-0.15, -0.1) is 11.3 Å². The Morgan fingerprint density at radius 1 is 1.35 bits per heavy atom. The number of thiazole rings is 1. The number of aryl methyl sites for hydroxylation is 1. The molecule has 1 unspecified atom stereocenters. The molecule has 0 spiro atoms. The van der Waals surface area contributed by atoms with Crippen LogP contribution in [0.3, 0.4) is 0 Å². The number of nitrogens with zero attached hydrogens (tertiary/aromatic N) is 1. The minimum Gasteiger partial charge on any atom is -0.467 e. The van der Waals surface area contributed by atoms with Crippen molar-refractivity contribution >= 4 is 28.4 Å². The number of anilines is 1. The van der Waals surface area contributed by atoms with Crippen LogP contribution in [0.1, 0.15) is 22.3 Å². The Labute approximate surface area is 103 Å². The quantitative estimate of drug-likeness (QED) is 0.818. The zero-order valence-electron chi connectivity index (χ0n) is 10.1. The van der Waals surface area contributed by atoms with E-state index < -0.39 is 18.0 Å². The van der Waals surface area contributed by atoms with Gasteiger partial charge >= 0.3 is 11.9 Å². The molecule has 0 aliphatic rings. The smallest absolute Gasteiger partial charge is 0.357 e. The Bertz CT molecular complexity index is 430. The standard InChI is InChI=1S/C10H14N2O4S/c1-5(8(13)15-3)11-10-12-7(6(2)17-10)9(14)16-4/h5H,1-4H3,(H,11,12). The molecule has 1 aromatic heterocycles. The third-order valence-electron chi connectivity index (χ3n) is 2.07. The summed E-state index contributed by atoms with van der Waals surface area (Å²) in [6.07, 6.45) is 0. The van der Waals surface area contributed by atoms with E-state index in [-0.39, 0.29) is 5.69 Å². The molecule has 0 saturated heterocycles. The van der Waals surface area contributed by atoms with E-state index in [9.17, 15) is 9.59 Å². The summed E-state index contributed by atoms with van der Waals surface area (Å²) in [6, 6.07) is -0.518. The zero-order chi connectivity index (χ0) is 13.0. The second-order valence-electron chi connectivity index (χ2n) is 3.30. The van der Waals surface area contributed by atoms with Crippen LogP contribution in [-0.4, -0.2) is 37.2 Å². The molecule has 94 valence electrons. The van der Waals surface area contributed by atoms with Gasteiger partial charge in [-0.25, -0.2) is 14.6 Å². The molecule has 0 aromatic carbocycles. The van der Waals surface area contributed by atoms with Crippen molar-refractivity contribution in [2.45, 2.75) is 19.9 Å². The van der Waals surface area contributed by atoms with E-state index in [1.165, 1.54) is 25.6 Å². The Morgan fingerprint density at radius 2 is 2.00 bits per heavy atom. The third kappa shape index (κ3) is 3.16. The summed E-state index contributed by atoms with van der Waals surface area (Å²) in [5.74, 6) is -0.880. The van der Waals surface area contributed by atoms with Crippen molar-refractivity contribution in [1.29, 1.82) is 0 Å². The van der Waals surface area contributed by atoms with E-state index in [1.807, 2.05) is 0 Å². The minimum atomic E-state index is -0.518. The normalized spacial score (nSPS) is 11.8. The molecule has 1 N–H and O–H groups in total. The second-order valence-corrected chi connectivity index (χ2v) is 4.51. The maximum Gasteiger partial charge on any atom is 0.357 e. The number of rotatable bonds is 4. The van der Waals surface area contributed by atoms with Crippen LogP contribution < -0.4 is 5.32 Å². The monoisotopic (exact) mass is 258 g/mol. The first-order valence-corrected chi connectivity index (χ1v) is 5.71. The van der Waals surface area contributed by atoms with Gasteiger partial charge in [0, 0.05) is 4.88 Å². The van der Waals surface area contributed by atoms with E-state index in [1.54, 1.807) is 13.8 Å². The van der Waals surface area contributed by atoms with E-state index in [2.05, 4.69) is 19.8 Å². The van der Waals surface area contributed by atoms with Gasteiger partial charge in [-0.05, 0) is 13.8 Å². The van der Waals surface area contributed by atoms with Crippen molar-refractivity contribution in [3.05, 3.63) is 10.6 Å². The molecule has 6 nitrogen and oxygen atoms in total. The maximum atomic E-state index is 11.3. The first-order chi connectivity index (χ1) is 7.99. The number of esters is 2. The molecule has 1 heterocycles. The van der Waals surface area contributed by atoms with Crippen molar-refractivity contribution in [3.63, 3.8) is 0 Å². The number of hydrogen-bond acceptors (Lipinski definition) is 7. The van der Waals surface area contributed by atoms with Crippen molar-refractivity contribution < 1.29 is 19.1 Å². The van der Waals surface area contributed by atoms with Gasteiger partial charge in [0.05, 0.1) is 14.2 Å². The highest BCUT2D eigenvalue weighted by atomic mass is 32.1. The number of carbonyl (C=O) groups excluding carboxylic acids is 2. The third-order valence-corrected chi connectivity index (χ3v) is 2.97. The Hall–Kier alpha value is -1.63. The van der Waals surface area contributed by atoms with Gasteiger partial charge in [0.2, 0.25) is 0 Å². The van der Waals surface area contributed by atoms with Crippen molar-refractivity contribution in [1.82, 2.24) is 4.98 Å². The van der Waals surface area contributed by atoms with Gasteiger partial charge in [-0.3, -0.25) is 0 Å². The molecule has 0 amide bonds. The predicted molar refractivity (Wildman–Crippen MR) is 63.3 cm³/mol. The summed E-state index contributed by atoms with van der Waals surface area (Å²) < 4.78 is 9.16. The number of ether oxygens (including phenoxy) is 2. The van der Waals surface area contributed by atoms with Crippen LogP contribution in [0, 0.1) is 6.92 Å². The number of nitrogens with one attached hydrogen (secondary N) is 1. The fourth-order valence-electron chi connectivity index (χ4n) is 1.17. The molecule has 0 saturated carbocycles. The summed E-state index contributed by atoms with van der Waals surface area (Å²) in [5, 5.41) is 3.34. The fraction of sp³-hybridized carbons (Fsp3) is 0.500. The van der Waals surface area contributed by atoms with Crippen molar-refractivity contribution in [3.8, 4) is 0 Å². The highest BCUT2D eigenvalue weighted by Crippen LogP contribution is 2.23. The van der Waals surface area contributed by atoms with Gasteiger partial charge in [0.25, 0.3) is 0 Å². The SMILES string of the molecule is COC(=O)c1nc(NC(C)C(=O)OC)sc1C. The lowest BCUT2D eigenvalue weighted by Crippen LogP contribution is -2.27.